The van der Waals surface area contributed by atoms with Crippen LogP contribution in [-0.4, -0.2) is 5.97 Å². The van der Waals surface area contributed by atoms with E-state index in [1.807, 2.05) is 0 Å². The molecule has 78 valence electrons. The molecular weight excluding hydrogens is 164 g/mol. The van der Waals surface area contributed by atoms with E-state index in [0.717, 1.165) is 19.3 Å². The second-order valence-electron chi connectivity index (χ2n) is 4.58. The molecule has 0 radical (unpaired) electrons. The van der Waals surface area contributed by atoms with Crippen LogP contribution in [-0.2, 0) is 4.79 Å². The van der Waals surface area contributed by atoms with Crippen LogP contribution < -0.4 is 5.11 Å². The average molecular weight is 185 g/mol. The van der Waals surface area contributed by atoms with E-state index in [4.69, 9.17) is 0 Å². The first-order valence-corrected chi connectivity index (χ1v) is 5.11. The summed E-state index contributed by atoms with van der Waals surface area (Å²) >= 11 is 0. The van der Waals surface area contributed by atoms with Gasteiger partial charge in [0.2, 0.25) is 0 Å². The summed E-state index contributed by atoms with van der Waals surface area (Å²) in [6.45, 7) is 7.83. The molecule has 13 heavy (non-hydrogen) atoms. The highest BCUT2D eigenvalue weighted by atomic mass is 16.4. The van der Waals surface area contributed by atoms with E-state index in [1.165, 1.54) is 6.42 Å². The van der Waals surface area contributed by atoms with E-state index >= 15 is 0 Å². The van der Waals surface area contributed by atoms with Crippen LogP contribution in [0.25, 0.3) is 0 Å². The number of hydrogen-bond acceptors (Lipinski definition) is 2. The number of rotatable bonds is 6. The van der Waals surface area contributed by atoms with Crippen molar-refractivity contribution in [2.45, 2.75) is 53.4 Å². The van der Waals surface area contributed by atoms with Crippen LogP contribution in [0, 0.1) is 11.3 Å². The van der Waals surface area contributed by atoms with E-state index in [1.54, 1.807) is 13.8 Å². The molecule has 0 rings (SSSR count). The quantitative estimate of drug-likeness (QED) is 0.634. The molecule has 1 unspecified atom stereocenters. The van der Waals surface area contributed by atoms with Crippen molar-refractivity contribution in [2.75, 3.05) is 0 Å². The fourth-order valence-corrected chi connectivity index (χ4v) is 1.20. The van der Waals surface area contributed by atoms with Gasteiger partial charge in [-0.15, -0.1) is 0 Å². The maximum Gasteiger partial charge on any atom is 0.0470 e. The van der Waals surface area contributed by atoms with Gasteiger partial charge in [-0.1, -0.05) is 47.0 Å². The van der Waals surface area contributed by atoms with Crippen LogP contribution in [0.4, 0.5) is 0 Å². The molecule has 0 fully saturated rings. The normalized spacial score (nSPS) is 14.2. The fraction of sp³-hybridized carbons (Fsp3) is 0.909. The zero-order valence-electron chi connectivity index (χ0n) is 9.22. The lowest BCUT2D eigenvalue weighted by molar-refractivity contribution is -0.317. The number of hydrogen-bond donors (Lipinski definition) is 0. The predicted octanol–water partition coefficient (Wildman–Crippen LogP) is 1.98. The lowest BCUT2D eigenvalue weighted by Gasteiger charge is -2.26. The van der Waals surface area contributed by atoms with Crippen LogP contribution in [0.2, 0.25) is 0 Å². The highest BCUT2D eigenvalue weighted by molar-refractivity contribution is 5.71. The molecule has 0 bridgehead atoms. The van der Waals surface area contributed by atoms with Gasteiger partial charge in [0.05, 0.1) is 0 Å². The maximum absolute atomic E-state index is 10.7. The monoisotopic (exact) mass is 185 g/mol. The molecule has 0 spiro atoms. The zero-order valence-corrected chi connectivity index (χ0v) is 9.22. The topological polar surface area (TPSA) is 40.1 Å². The number of carbonyl (C=O) groups excluding carboxylic acids is 1. The van der Waals surface area contributed by atoms with E-state index in [0.29, 0.717) is 5.92 Å². The Hall–Kier alpha value is -0.530. The Morgan fingerprint density at radius 3 is 2.38 bits per heavy atom. The third kappa shape index (κ3) is 4.91. The summed E-state index contributed by atoms with van der Waals surface area (Å²) in [4.78, 5) is 10.7. The van der Waals surface area contributed by atoms with Crippen molar-refractivity contribution in [3.8, 4) is 0 Å². The lowest BCUT2D eigenvalue weighted by Crippen LogP contribution is -2.38. The largest absolute Gasteiger partial charge is 0.550 e. The molecule has 0 saturated heterocycles. The van der Waals surface area contributed by atoms with Crippen molar-refractivity contribution in [3.05, 3.63) is 0 Å². The van der Waals surface area contributed by atoms with Crippen molar-refractivity contribution in [3.63, 3.8) is 0 Å². The summed E-state index contributed by atoms with van der Waals surface area (Å²) in [5, 5.41) is 10.7. The van der Waals surface area contributed by atoms with Crippen molar-refractivity contribution in [1.82, 2.24) is 0 Å². The van der Waals surface area contributed by atoms with Crippen molar-refractivity contribution in [1.29, 1.82) is 0 Å². The molecule has 2 nitrogen and oxygen atoms in total. The first kappa shape index (κ1) is 12.5. The van der Waals surface area contributed by atoms with Crippen molar-refractivity contribution < 1.29 is 9.90 Å². The van der Waals surface area contributed by atoms with Gasteiger partial charge in [0, 0.05) is 11.4 Å². The summed E-state index contributed by atoms with van der Waals surface area (Å²) in [5.74, 6) is -0.228. The van der Waals surface area contributed by atoms with Crippen LogP contribution in [0.3, 0.4) is 0 Å². The summed E-state index contributed by atoms with van der Waals surface area (Å²) in [5.41, 5.74) is -0.659. The smallest absolute Gasteiger partial charge is 0.0470 e. The molecule has 0 aromatic rings. The molecule has 0 amide bonds. The molecule has 0 saturated carbocycles. The first-order valence-electron chi connectivity index (χ1n) is 5.11. The molecule has 0 aromatic carbocycles. The van der Waals surface area contributed by atoms with Gasteiger partial charge in [-0.3, -0.25) is 0 Å². The van der Waals surface area contributed by atoms with E-state index in [9.17, 15) is 9.90 Å². The number of aliphatic carboxylic acids is 1. The van der Waals surface area contributed by atoms with E-state index in [-0.39, 0.29) is 0 Å². The number of carbonyl (C=O) groups is 1. The summed E-state index contributed by atoms with van der Waals surface area (Å²) in [6, 6.07) is 0. The minimum atomic E-state index is -0.934. The third-order valence-electron chi connectivity index (χ3n) is 2.75. The van der Waals surface area contributed by atoms with Crippen LogP contribution in [0.1, 0.15) is 53.4 Å². The third-order valence-corrected chi connectivity index (χ3v) is 2.75. The lowest BCUT2D eigenvalue weighted by atomic mass is 9.86. The maximum atomic E-state index is 10.7. The minimum absolute atomic E-state index is 0.659. The first-order chi connectivity index (χ1) is 5.90. The van der Waals surface area contributed by atoms with Gasteiger partial charge in [0.15, 0.2) is 0 Å². The fourth-order valence-electron chi connectivity index (χ4n) is 1.20. The van der Waals surface area contributed by atoms with Gasteiger partial charge < -0.3 is 9.90 Å². The SMILES string of the molecule is CCC(C)CCCC(C)(C)C(=O)[O-]. The van der Waals surface area contributed by atoms with Gasteiger partial charge >= 0.3 is 0 Å². The van der Waals surface area contributed by atoms with Gasteiger partial charge in [0.1, 0.15) is 0 Å². The van der Waals surface area contributed by atoms with Gasteiger partial charge in [-0.05, 0) is 12.3 Å². The van der Waals surface area contributed by atoms with E-state index in [2.05, 4.69) is 13.8 Å². The van der Waals surface area contributed by atoms with Crippen LogP contribution >= 0.6 is 0 Å². The predicted molar refractivity (Wildman–Crippen MR) is 52.1 cm³/mol. The summed E-state index contributed by atoms with van der Waals surface area (Å²) in [7, 11) is 0. The highest BCUT2D eigenvalue weighted by Crippen LogP contribution is 2.24. The standard InChI is InChI=1S/C11H22O2/c1-5-9(2)7-6-8-11(3,4)10(12)13/h9H,5-8H2,1-4H3,(H,12,13)/p-1. The molecule has 0 N–H and O–H groups in total. The highest BCUT2D eigenvalue weighted by Gasteiger charge is 2.18. The van der Waals surface area contributed by atoms with E-state index < -0.39 is 11.4 Å². The molecule has 0 aliphatic rings. The molecular formula is C11H21O2-. The second kappa shape index (κ2) is 5.25. The Bertz CT molecular complexity index is 161. The van der Waals surface area contributed by atoms with Crippen molar-refractivity contribution in [2.24, 2.45) is 11.3 Å². The average Bonchev–Trinajstić information content (AvgIpc) is 2.03. The Labute approximate surface area is 81.3 Å². The summed E-state index contributed by atoms with van der Waals surface area (Å²) in [6.07, 6.45) is 3.99. The molecule has 0 aliphatic heterocycles. The van der Waals surface area contributed by atoms with Gasteiger partial charge in [-0.25, -0.2) is 0 Å². The number of carboxylic acid groups (broad SMARTS) is 1. The molecule has 2 heteroatoms. The van der Waals surface area contributed by atoms with Crippen molar-refractivity contribution >= 4 is 5.97 Å². The number of carboxylic acids is 1. The zero-order chi connectivity index (χ0) is 10.5. The van der Waals surface area contributed by atoms with Gasteiger partial charge in [-0.2, -0.15) is 0 Å². The second-order valence-corrected chi connectivity index (χ2v) is 4.58. The molecule has 1 atom stereocenters. The Morgan fingerprint density at radius 1 is 1.46 bits per heavy atom. The Balaban J connectivity index is 3.70. The van der Waals surface area contributed by atoms with Crippen LogP contribution in [0.5, 0.6) is 0 Å². The Morgan fingerprint density at radius 2 is 2.00 bits per heavy atom. The Kier molecular flexibility index (Phi) is 5.04. The minimum Gasteiger partial charge on any atom is -0.550 e. The summed E-state index contributed by atoms with van der Waals surface area (Å²) < 4.78 is 0. The van der Waals surface area contributed by atoms with Gasteiger partial charge in [0.25, 0.3) is 0 Å². The molecule has 0 aliphatic carbocycles. The van der Waals surface area contributed by atoms with Crippen LogP contribution in [0.15, 0.2) is 0 Å². The molecule has 0 aromatic heterocycles. The molecule has 0 heterocycles.